The third-order valence-electron chi connectivity index (χ3n) is 6.72. The molecule has 1 aliphatic rings. The molecule has 0 spiro atoms. The van der Waals surface area contributed by atoms with Crippen molar-refractivity contribution in [3.05, 3.63) is 77.9 Å². The van der Waals surface area contributed by atoms with E-state index in [0.717, 1.165) is 25.2 Å². The van der Waals surface area contributed by atoms with Crippen molar-refractivity contribution >= 4 is 28.3 Å². The fourth-order valence-electron chi connectivity index (χ4n) is 4.91. The lowest BCUT2D eigenvalue weighted by Gasteiger charge is -2.21. The van der Waals surface area contributed by atoms with Gasteiger partial charge in [-0.15, -0.1) is 0 Å². The van der Waals surface area contributed by atoms with E-state index in [1.54, 1.807) is 6.92 Å². The minimum Gasteiger partial charge on any atom is -0.467 e. The zero-order valence-electron chi connectivity index (χ0n) is 19.6. The van der Waals surface area contributed by atoms with Gasteiger partial charge in [-0.3, -0.25) is 4.79 Å². The van der Waals surface area contributed by atoms with Crippen LogP contribution in [0.25, 0.3) is 10.8 Å². The molecule has 1 amide bonds. The smallest absolute Gasteiger partial charge is 0.328 e. The van der Waals surface area contributed by atoms with Gasteiger partial charge in [0.05, 0.1) is 7.11 Å². The highest BCUT2D eigenvalue weighted by Gasteiger charge is 2.25. The summed E-state index contributed by atoms with van der Waals surface area (Å²) >= 11 is 0. The van der Waals surface area contributed by atoms with Gasteiger partial charge < -0.3 is 15.0 Å². The summed E-state index contributed by atoms with van der Waals surface area (Å²) in [6.45, 7) is 6.01. The average Bonchev–Trinajstić information content (AvgIpc) is 3.31. The molecule has 1 heterocycles. The maximum Gasteiger partial charge on any atom is 0.328 e. The van der Waals surface area contributed by atoms with Crippen molar-refractivity contribution in [3.63, 3.8) is 0 Å². The van der Waals surface area contributed by atoms with Crippen LogP contribution in [-0.2, 0) is 9.53 Å². The fraction of sp³-hybridized carbons (Fsp3) is 0.357. The predicted molar refractivity (Wildman–Crippen MR) is 133 cm³/mol. The number of carbonyl (C=O) groups is 2. The number of ether oxygens (including phenoxy) is 1. The van der Waals surface area contributed by atoms with E-state index in [-0.39, 0.29) is 5.91 Å². The molecule has 0 bridgehead atoms. The van der Waals surface area contributed by atoms with Crippen LogP contribution in [0, 0.1) is 5.92 Å². The van der Waals surface area contributed by atoms with Crippen LogP contribution in [0.3, 0.4) is 0 Å². The lowest BCUT2D eigenvalue weighted by atomic mass is 9.87. The van der Waals surface area contributed by atoms with Crippen molar-refractivity contribution in [2.75, 3.05) is 25.1 Å². The Bertz CT molecular complexity index is 1120. The number of hydrogen-bond donors (Lipinski definition) is 1. The monoisotopic (exact) mass is 444 g/mol. The molecular formula is C28H32N2O3. The summed E-state index contributed by atoms with van der Waals surface area (Å²) in [6, 6.07) is 22.2. The van der Waals surface area contributed by atoms with Gasteiger partial charge in [-0.1, -0.05) is 49.4 Å². The SMILES string of the molecule is COC(=O)[C@H](C)NC(=O)c1ccc(N2CC[C@H](C[C@H](C)c3cccc4ccccc34)C2)cc1. The highest BCUT2D eigenvalue weighted by atomic mass is 16.5. The Balaban J connectivity index is 1.36. The van der Waals surface area contributed by atoms with Crippen LogP contribution in [0.4, 0.5) is 5.69 Å². The van der Waals surface area contributed by atoms with Crippen molar-refractivity contribution in [1.29, 1.82) is 0 Å². The molecule has 172 valence electrons. The number of methoxy groups -OCH3 is 1. The summed E-state index contributed by atoms with van der Waals surface area (Å²) in [6.07, 6.45) is 2.34. The second-order valence-electron chi connectivity index (χ2n) is 9.07. The number of rotatable bonds is 7. The maximum absolute atomic E-state index is 12.4. The predicted octanol–water partition coefficient (Wildman–Crippen LogP) is 5.15. The number of hydrogen-bond acceptors (Lipinski definition) is 4. The van der Waals surface area contributed by atoms with Gasteiger partial charge in [0.1, 0.15) is 6.04 Å². The first-order valence-corrected chi connectivity index (χ1v) is 11.7. The standard InChI is InChI=1S/C28H32N2O3/c1-19(25-10-6-8-22-7-4-5-9-26(22)25)17-21-15-16-30(18-21)24-13-11-23(12-14-24)27(31)29-20(2)28(32)33-3/h4-14,19-21H,15-18H2,1-3H3,(H,29,31)/t19-,20-,21+/m0/s1. The third-order valence-corrected chi connectivity index (χ3v) is 6.72. The lowest BCUT2D eigenvalue weighted by molar-refractivity contribution is -0.142. The molecule has 0 unspecified atom stereocenters. The van der Waals surface area contributed by atoms with Crippen LogP contribution < -0.4 is 10.2 Å². The Kier molecular flexibility index (Phi) is 6.97. The van der Waals surface area contributed by atoms with E-state index in [9.17, 15) is 9.59 Å². The van der Waals surface area contributed by atoms with Crippen LogP contribution in [0.5, 0.6) is 0 Å². The summed E-state index contributed by atoms with van der Waals surface area (Å²) < 4.78 is 4.66. The first-order valence-electron chi connectivity index (χ1n) is 11.7. The highest BCUT2D eigenvalue weighted by Crippen LogP contribution is 2.34. The molecule has 1 N–H and O–H groups in total. The number of esters is 1. The van der Waals surface area contributed by atoms with Crippen LogP contribution >= 0.6 is 0 Å². The van der Waals surface area contributed by atoms with Crippen molar-refractivity contribution in [3.8, 4) is 0 Å². The van der Waals surface area contributed by atoms with Gasteiger partial charge in [-0.25, -0.2) is 4.79 Å². The fourth-order valence-corrected chi connectivity index (χ4v) is 4.91. The van der Waals surface area contributed by atoms with Crippen molar-refractivity contribution in [1.82, 2.24) is 5.32 Å². The molecule has 33 heavy (non-hydrogen) atoms. The molecule has 1 fully saturated rings. The molecule has 0 saturated carbocycles. The van der Waals surface area contributed by atoms with E-state index in [0.29, 0.717) is 17.4 Å². The molecule has 3 aromatic carbocycles. The molecule has 1 aliphatic heterocycles. The summed E-state index contributed by atoms with van der Waals surface area (Å²) in [4.78, 5) is 26.3. The lowest BCUT2D eigenvalue weighted by Crippen LogP contribution is -2.39. The minimum absolute atomic E-state index is 0.275. The number of benzene rings is 3. The molecular weight excluding hydrogens is 412 g/mol. The minimum atomic E-state index is -0.676. The van der Waals surface area contributed by atoms with Gasteiger partial charge in [0, 0.05) is 24.3 Å². The highest BCUT2D eigenvalue weighted by molar-refractivity contribution is 5.97. The summed E-state index contributed by atoms with van der Waals surface area (Å²) in [7, 11) is 1.31. The van der Waals surface area contributed by atoms with Gasteiger partial charge in [-0.05, 0) is 72.2 Å². The van der Waals surface area contributed by atoms with Crippen LogP contribution in [0.2, 0.25) is 0 Å². The second kappa shape index (κ2) is 10.1. The average molecular weight is 445 g/mol. The van der Waals surface area contributed by atoms with Gasteiger partial charge in [0.15, 0.2) is 0 Å². The molecule has 0 aliphatic carbocycles. The molecule has 4 rings (SSSR count). The zero-order valence-corrected chi connectivity index (χ0v) is 19.6. The number of nitrogens with one attached hydrogen (secondary N) is 1. The Morgan fingerprint density at radius 2 is 1.76 bits per heavy atom. The van der Waals surface area contributed by atoms with Gasteiger partial charge in [0.25, 0.3) is 5.91 Å². The van der Waals surface area contributed by atoms with E-state index >= 15 is 0 Å². The van der Waals surface area contributed by atoms with Gasteiger partial charge >= 0.3 is 5.97 Å². The van der Waals surface area contributed by atoms with Crippen LogP contribution in [0.1, 0.15) is 48.5 Å². The summed E-state index contributed by atoms with van der Waals surface area (Å²) in [5, 5.41) is 5.33. The van der Waals surface area contributed by atoms with Crippen LogP contribution in [-0.4, -0.2) is 38.1 Å². The normalized spacial score (nSPS) is 17.5. The zero-order chi connectivity index (χ0) is 23.4. The Morgan fingerprint density at radius 1 is 1.03 bits per heavy atom. The third kappa shape index (κ3) is 5.19. The molecule has 5 nitrogen and oxygen atoms in total. The number of amides is 1. The Labute approximate surface area is 195 Å². The number of nitrogens with zero attached hydrogens (tertiary/aromatic N) is 1. The Hall–Kier alpha value is -3.34. The van der Waals surface area contributed by atoms with Crippen LogP contribution in [0.15, 0.2) is 66.7 Å². The van der Waals surface area contributed by atoms with Crippen molar-refractivity contribution < 1.29 is 14.3 Å². The van der Waals surface area contributed by atoms with E-state index in [1.807, 2.05) is 24.3 Å². The van der Waals surface area contributed by atoms with Gasteiger partial charge in [-0.2, -0.15) is 0 Å². The van der Waals surface area contributed by atoms with E-state index in [2.05, 4.69) is 64.3 Å². The quantitative estimate of drug-likeness (QED) is 0.512. The van der Waals surface area contributed by atoms with Crippen molar-refractivity contribution in [2.45, 2.75) is 38.6 Å². The summed E-state index contributed by atoms with van der Waals surface area (Å²) in [5.74, 6) is 0.412. The van der Waals surface area contributed by atoms with E-state index in [1.165, 1.54) is 29.9 Å². The summed E-state index contributed by atoms with van der Waals surface area (Å²) in [5.41, 5.74) is 3.10. The molecule has 3 atom stereocenters. The maximum atomic E-state index is 12.4. The molecule has 5 heteroatoms. The largest absolute Gasteiger partial charge is 0.467 e. The number of carbonyl (C=O) groups excluding carboxylic acids is 2. The van der Waals surface area contributed by atoms with E-state index in [4.69, 9.17) is 0 Å². The molecule has 1 saturated heterocycles. The number of anilines is 1. The number of fused-ring (bicyclic) bond motifs is 1. The first-order chi connectivity index (χ1) is 16.0. The topological polar surface area (TPSA) is 58.6 Å². The first kappa shape index (κ1) is 22.8. The Morgan fingerprint density at radius 3 is 2.52 bits per heavy atom. The van der Waals surface area contributed by atoms with Crippen molar-refractivity contribution in [2.24, 2.45) is 5.92 Å². The van der Waals surface area contributed by atoms with Gasteiger partial charge in [0.2, 0.25) is 0 Å². The molecule has 0 radical (unpaired) electrons. The van der Waals surface area contributed by atoms with E-state index < -0.39 is 12.0 Å². The second-order valence-corrected chi connectivity index (χ2v) is 9.07. The molecule has 3 aromatic rings. The molecule has 0 aromatic heterocycles.